The summed E-state index contributed by atoms with van der Waals surface area (Å²) in [6.45, 7) is 3.26. The van der Waals surface area contributed by atoms with Crippen molar-refractivity contribution in [3.8, 4) is 5.75 Å². The zero-order chi connectivity index (χ0) is 11.9. The highest BCUT2D eigenvalue weighted by Crippen LogP contribution is 2.39. The second kappa shape index (κ2) is 3.26. The van der Waals surface area contributed by atoms with E-state index in [9.17, 15) is 4.39 Å². The Labute approximate surface area is 91.8 Å². The lowest BCUT2D eigenvalue weighted by molar-refractivity contribution is 0.164. The number of amidine groups is 1. The van der Waals surface area contributed by atoms with Crippen molar-refractivity contribution < 1.29 is 9.13 Å². The first-order chi connectivity index (χ1) is 7.47. The maximum Gasteiger partial charge on any atom is 0.182 e. The van der Waals surface area contributed by atoms with Crippen LogP contribution in [0.3, 0.4) is 0 Å². The van der Waals surface area contributed by atoms with Crippen LogP contribution in [0.5, 0.6) is 5.75 Å². The van der Waals surface area contributed by atoms with Crippen LogP contribution in [0.1, 0.15) is 13.8 Å². The van der Waals surface area contributed by atoms with Crippen LogP contribution in [-0.2, 0) is 0 Å². The van der Waals surface area contributed by atoms with Crippen LogP contribution >= 0.6 is 0 Å². The fourth-order valence-corrected chi connectivity index (χ4v) is 1.55. The smallest absolute Gasteiger partial charge is 0.182 e. The lowest BCUT2D eigenvalue weighted by Crippen LogP contribution is -2.50. The number of hydrogen-bond donors (Lipinski definition) is 2. The molecule has 2 N–H and O–H groups in total. The summed E-state index contributed by atoms with van der Waals surface area (Å²) >= 11 is 0. The van der Waals surface area contributed by atoms with E-state index < -0.39 is 11.4 Å². The van der Waals surface area contributed by atoms with Gasteiger partial charge in [0.1, 0.15) is 5.69 Å². The van der Waals surface area contributed by atoms with Crippen LogP contribution in [0, 0.1) is 16.8 Å². The van der Waals surface area contributed by atoms with Crippen molar-refractivity contribution in [2.45, 2.75) is 19.4 Å². The van der Waals surface area contributed by atoms with Gasteiger partial charge in [-0.2, -0.15) is 10.5 Å². The van der Waals surface area contributed by atoms with Crippen LogP contribution in [0.4, 0.5) is 10.1 Å². The van der Waals surface area contributed by atoms with Gasteiger partial charge in [0.05, 0.1) is 0 Å². The zero-order valence-electron chi connectivity index (χ0n) is 8.91. The number of fused-ring (bicyclic) bond motifs is 1. The Balaban J connectivity index is 2.64. The highest BCUT2D eigenvalue weighted by molar-refractivity contribution is 6.03. The Morgan fingerprint density at radius 1 is 1.44 bits per heavy atom. The van der Waals surface area contributed by atoms with E-state index in [1.807, 2.05) is 0 Å². The first-order valence-electron chi connectivity index (χ1n) is 4.71. The molecule has 0 radical (unpaired) electrons. The molecular weight excluding hydrogens is 211 g/mol. The maximum absolute atomic E-state index is 13.5. The monoisotopic (exact) mass is 222 g/mol. The average Bonchev–Trinajstić information content (AvgIpc) is 2.22. The lowest BCUT2D eigenvalue weighted by Gasteiger charge is -2.37. The number of rotatable bonds is 1. The standard InChI is InChI=1S/C10H11FN4O/c1-10(2)9(12)15(14-13)7-5-3-4-6(11)8(7)16-10/h3-5,12-13H,1-2H3. The molecule has 0 fully saturated rings. The Hall–Kier alpha value is -1.98. The van der Waals surface area contributed by atoms with Crippen molar-refractivity contribution in [2.75, 3.05) is 5.01 Å². The summed E-state index contributed by atoms with van der Waals surface area (Å²) in [6.07, 6.45) is 0. The molecule has 1 heterocycles. The fourth-order valence-electron chi connectivity index (χ4n) is 1.55. The second-order valence-electron chi connectivity index (χ2n) is 3.96. The lowest BCUT2D eigenvalue weighted by atomic mass is 10.0. The summed E-state index contributed by atoms with van der Waals surface area (Å²) in [7, 11) is 0. The molecule has 0 atom stereocenters. The molecule has 1 aliphatic heterocycles. The molecule has 0 saturated carbocycles. The fraction of sp³-hybridized carbons (Fsp3) is 0.300. The number of benzene rings is 1. The number of para-hydroxylation sites is 1. The molecule has 2 rings (SSSR count). The predicted octanol–water partition coefficient (Wildman–Crippen LogP) is 2.73. The molecule has 84 valence electrons. The van der Waals surface area contributed by atoms with E-state index >= 15 is 0 Å². The Morgan fingerprint density at radius 3 is 2.75 bits per heavy atom. The van der Waals surface area contributed by atoms with E-state index in [0.717, 1.165) is 5.01 Å². The van der Waals surface area contributed by atoms with Gasteiger partial charge in [0.15, 0.2) is 23.0 Å². The second-order valence-corrected chi connectivity index (χ2v) is 3.96. The number of hydrogen-bond acceptors (Lipinski definition) is 4. The van der Waals surface area contributed by atoms with Gasteiger partial charge in [-0.25, -0.2) is 4.39 Å². The highest BCUT2D eigenvalue weighted by atomic mass is 19.1. The number of halogens is 1. The summed E-state index contributed by atoms with van der Waals surface area (Å²) in [5, 5.41) is 12.1. The van der Waals surface area contributed by atoms with Gasteiger partial charge >= 0.3 is 0 Å². The normalized spacial score (nSPS) is 17.7. The SMILES string of the molecule is CC1(C)Oc2c(F)cccc2N(N=N)C1=N. The van der Waals surface area contributed by atoms with Gasteiger partial charge in [-0.3, -0.25) is 5.41 Å². The van der Waals surface area contributed by atoms with Crippen molar-refractivity contribution >= 4 is 11.5 Å². The molecule has 0 aromatic heterocycles. The van der Waals surface area contributed by atoms with Crippen LogP contribution in [0.25, 0.3) is 0 Å². The molecule has 0 bridgehead atoms. The molecule has 1 aliphatic rings. The van der Waals surface area contributed by atoms with Crippen molar-refractivity contribution in [3.63, 3.8) is 0 Å². The first-order valence-corrected chi connectivity index (χ1v) is 4.71. The van der Waals surface area contributed by atoms with E-state index in [0.29, 0.717) is 0 Å². The van der Waals surface area contributed by atoms with Crippen LogP contribution in [0.15, 0.2) is 23.4 Å². The van der Waals surface area contributed by atoms with Crippen LogP contribution < -0.4 is 9.75 Å². The number of anilines is 1. The number of ether oxygens (including phenoxy) is 1. The first kappa shape index (κ1) is 10.5. The van der Waals surface area contributed by atoms with E-state index in [1.54, 1.807) is 19.9 Å². The van der Waals surface area contributed by atoms with Crippen molar-refractivity contribution in [3.05, 3.63) is 24.0 Å². The topological polar surface area (TPSA) is 72.5 Å². The average molecular weight is 222 g/mol. The van der Waals surface area contributed by atoms with Gasteiger partial charge in [-0.15, -0.1) is 0 Å². The van der Waals surface area contributed by atoms with Gasteiger partial charge in [0.25, 0.3) is 0 Å². The predicted molar refractivity (Wildman–Crippen MR) is 56.5 cm³/mol. The molecule has 6 heteroatoms. The summed E-state index contributed by atoms with van der Waals surface area (Å²) in [5.74, 6) is -0.494. The third-order valence-electron chi connectivity index (χ3n) is 2.41. The summed E-state index contributed by atoms with van der Waals surface area (Å²) in [4.78, 5) is 0. The van der Waals surface area contributed by atoms with Crippen LogP contribution in [0.2, 0.25) is 0 Å². The highest BCUT2D eigenvalue weighted by Gasteiger charge is 2.39. The number of nitrogens with one attached hydrogen (secondary N) is 2. The van der Waals surface area contributed by atoms with Crippen molar-refractivity contribution in [1.29, 1.82) is 10.9 Å². The van der Waals surface area contributed by atoms with E-state index in [4.69, 9.17) is 15.7 Å². The Morgan fingerprint density at radius 2 is 2.12 bits per heavy atom. The summed E-state index contributed by atoms with van der Waals surface area (Å²) < 4.78 is 18.9. The molecular formula is C10H11FN4O. The van der Waals surface area contributed by atoms with Gasteiger partial charge in [0, 0.05) is 0 Å². The van der Waals surface area contributed by atoms with Gasteiger partial charge in [-0.05, 0) is 26.0 Å². The summed E-state index contributed by atoms with van der Waals surface area (Å²) in [6, 6.07) is 4.31. The minimum absolute atomic E-state index is 0.000556. The van der Waals surface area contributed by atoms with E-state index in [-0.39, 0.29) is 17.3 Å². The maximum atomic E-state index is 13.5. The number of nitrogens with zero attached hydrogens (tertiary/aromatic N) is 2. The van der Waals surface area contributed by atoms with Crippen molar-refractivity contribution in [1.82, 2.24) is 0 Å². The largest absolute Gasteiger partial charge is 0.475 e. The van der Waals surface area contributed by atoms with Gasteiger partial charge in [0.2, 0.25) is 0 Å². The molecule has 5 nitrogen and oxygen atoms in total. The molecule has 16 heavy (non-hydrogen) atoms. The van der Waals surface area contributed by atoms with Gasteiger partial charge in [-0.1, -0.05) is 11.3 Å². The van der Waals surface area contributed by atoms with Gasteiger partial charge < -0.3 is 4.74 Å². The van der Waals surface area contributed by atoms with Crippen LogP contribution in [-0.4, -0.2) is 11.4 Å². The molecule has 1 aromatic carbocycles. The zero-order valence-corrected chi connectivity index (χ0v) is 8.91. The van der Waals surface area contributed by atoms with Crippen molar-refractivity contribution in [2.24, 2.45) is 5.22 Å². The summed E-state index contributed by atoms with van der Waals surface area (Å²) in [5.41, 5.74) is 6.31. The minimum Gasteiger partial charge on any atom is -0.475 e. The minimum atomic E-state index is -1.00. The third-order valence-corrected chi connectivity index (χ3v) is 2.41. The Bertz CT molecular complexity index is 472. The molecule has 1 aromatic rings. The molecule has 0 saturated heterocycles. The quantitative estimate of drug-likeness (QED) is 0.717. The molecule has 0 amide bonds. The third kappa shape index (κ3) is 1.34. The molecule has 0 spiro atoms. The van der Waals surface area contributed by atoms with E-state index in [1.165, 1.54) is 12.1 Å². The van der Waals surface area contributed by atoms with E-state index in [2.05, 4.69) is 5.22 Å². The molecule has 0 unspecified atom stereocenters. The molecule has 0 aliphatic carbocycles. The Kier molecular flexibility index (Phi) is 2.15.